The lowest BCUT2D eigenvalue weighted by molar-refractivity contribution is -0.116. The van der Waals surface area contributed by atoms with E-state index in [1.165, 1.54) is 0 Å². The summed E-state index contributed by atoms with van der Waals surface area (Å²) in [7, 11) is 0. The Morgan fingerprint density at radius 2 is 2.24 bits per heavy atom. The first-order chi connectivity index (χ1) is 10.2. The average Bonchev–Trinajstić information content (AvgIpc) is 3.00. The maximum atomic E-state index is 12.1. The van der Waals surface area contributed by atoms with Crippen LogP contribution in [0.15, 0.2) is 35.3 Å². The van der Waals surface area contributed by atoms with Crippen molar-refractivity contribution >= 4 is 22.4 Å². The SMILES string of the molecule is O=C(CCC1CCOC1)Nc1cccc2c(=O)[nH]ccc12. The third-order valence-electron chi connectivity index (χ3n) is 3.89. The summed E-state index contributed by atoms with van der Waals surface area (Å²) in [5.74, 6) is 0.473. The van der Waals surface area contributed by atoms with E-state index in [9.17, 15) is 9.59 Å². The van der Waals surface area contributed by atoms with Gasteiger partial charge in [-0.15, -0.1) is 0 Å². The van der Waals surface area contributed by atoms with Crippen LogP contribution in [-0.2, 0) is 9.53 Å². The van der Waals surface area contributed by atoms with Gasteiger partial charge in [-0.05, 0) is 37.0 Å². The molecule has 1 amide bonds. The summed E-state index contributed by atoms with van der Waals surface area (Å²) in [5.41, 5.74) is 0.540. The van der Waals surface area contributed by atoms with Crippen molar-refractivity contribution in [3.05, 3.63) is 40.8 Å². The lowest BCUT2D eigenvalue weighted by Crippen LogP contribution is -2.14. The lowest BCUT2D eigenvalue weighted by atomic mass is 10.0. The van der Waals surface area contributed by atoms with Gasteiger partial charge in [0.1, 0.15) is 0 Å². The van der Waals surface area contributed by atoms with E-state index in [0.29, 0.717) is 23.4 Å². The summed E-state index contributed by atoms with van der Waals surface area (Å²) in [5, 5.41) is 4.25. The number of anilines is 1. The number of aromatic amines is 1. The van der Waals surface area contributed by atoms with Gasteiger partial charge in [-0.3, -0.25) is 9.59 Å². The number of hydrogen-bond donors (Lipinski definition) is 2. The highest BCUT2D eigenvalue weighted by Crippen LogP contribution is 2.22. The first-order valence-electron chi connectivity index (χ1n) is 7.22. The highest BCUT2D eigenvalue weighted by molar-refractivity contribution is 6.01. The number of carbonyl (C=O) groups is 1. The van der Waals surface area contributed by atoms with E-state index in [0.717, 1.165) is 31.4 Å². The summed E-state index contributed by atoms with van der Waals surface area (Å²) in [6, 6.07) is 7.15. The van der Waals surface area contributed by atoms with E-state index >= 15 is 0 Å². The summed E-state index contributed by atoms with van der Waals surface area (Å²) >= 11 is 0. The summed E-state index contributed by atoms with van der Waals surface area (Å²) in [4.78, 5) is 26.4. The van der Waals surface area contributed by atoms with Gasteiger partial charge in [0.2, 0.25) is 5.91 Å². The maximum Gasteiger partial charge on any atom is 0.255 e. The lowest BCUT2D eigenvalue weighted by Gasteiger charge is -2.10. The Hall–Kier alpha value is -2.14. The molecule has 1 aromatic carbocycles. The zero-order valence-electron chi connectivity index (χ0n) is 11.7. The minimum atomic E-state index is -0.147. The normalized spacial score (nSPS) is 18.0. The minimum absolute atomic E-state index is 0.0188. The van der Waals surface area contributed by atoms with Crippen molar-refractivity contribution in [2.45, 2.75) is 19.3 Å². The number of fused-ring (bicyclic) bond motifs is 1. The van der Waals surface area contributed by atoms with Crippen LogP contribution in [0.3, 0.4) is 0 Å². The number of rotatable bonds is 4. The Balaban J connectivity index is 1.71. The molecule has 3 rings (SSSR count). The largest absolute Gasteiger partial charge is 0.381 e. The molecule has 0 radical (unpaired) electrons. The van der Waals surface area contributed by atoms with Crippen LogP contribution in [0.1, 0.15) is 19.3 Å². The van der Waals surface area contributed by atoms with Gasteiger partial charge < -0.3 is 15.0 Å². The standard InChI is InChI=1S/C16H18N2O3/c19-15(5-4-11-7-9-21-10-11)18-14-3-1-2-13-12(14)6-8-17-16(13)20/h1-3,6,8,11H,4-5,7,9-10H2,(H,17,20)(H,18,19). The van der Waals surface area contributed by atoms with Gasteiger partial charge in [-0.25, -0.2) is 0 Å². The molecule has 2 heterocycles. The van der Waals surface area contributed by atoms with Gasteiger partial charge >= 0.3 is 0 Å². The van der Waals surface area contributed by atoms with Gasteiger partial charge in [0.25, 0.3) is 5.56 Å². The molecular formula is C16H18N2O3. The van der Waals surface area contributed by atoms with E-state index in [4.69, 9.17) is 4.74 Å². The number of aromatic nitrogens is 1. The molecule has 0 aliphatic carbocycles. The molecule has 0 bridgehead atoms. The monoisotopic (exact) mass is 286 g/mol. The average molecular weight is 286 g/mol. The molecule has 21 heavy (non-hydrogen) atoms. The second kappa shape index (κ2) is 6.10. The highest BCUT2D eigenvalue weighted by Gasteiger charge is 2.17. The molecule has 1 aliphatic rings. The zero-order valence-corrected chi connectivity index (χ0v) is 11.7. The summed E-state index contributed by atoms with van der Waals surface area (Å²) < 4.78 is 5.31. The maximum absolute atomic E-state index is 12.1. The van der Waals surface area contributed by atoms with E-state index in [2.05, 4.69) is 10.3 Å². The van der Waals surface area contributed by atoms with Crippen LogP contribution >= 0.6 is 0 Å². The predicted molar refractivity (Wildman–Crippen MR) is 81.4 cm³/mol. The minimum Gasteiger partial charge on any atom is -0.381 e. The molecular weight excluding hydrogens is 268 g/mol. The van der Waals surface area contributed by atoms with Crippen molar-refractivity contribution in [2.24, 2.45) is 5.92 Å². The Morgan fingerprint density at radius 1 is 1.33 bits per heavy atom. The summed E-state index contributed by atoms with van der Waals surface area (Å²) in [6.45, 7) is 1.56. The van der Waals surface area contributed by atoms with E-state index in [-0.39, 0.29) is 11.5 Å². The molecule has 1 unspecified atom stereocenters. The number of H-pyrrole nitrogens is 1. The van der Waals surface area contributed by atoms with Crippen LogP contribution in [0.2, 0.25) is 0 Å². The molecule has 1 aromatic heterocycles. The van der Waals surface area contributed by atoms with Crippen molar-refractivity contribution in [3.63, 3.8) is 0 Å². The van der Waals surface area contributed by atoms with Gasteiger partial charge in [-0.2, -0.15) is 0 Å². The number of nitrogens with one attached hydrogen (secondary N) is 2. The molecule has 2 aromatic rings. The van der Waals surface area contributed by atoms with Gasteiger partial charge in [0.15, 0.2) is 0 Å². The summed E-state index contributed by atoms with van der Waals surface area (Å²) in [6.07, 6.45) is 3.96. The molecule has 1 fully saturated rings. The van der Waals surface area contributed by atoms with Crippen LogP contribution in [0.25, 0.3) is 10.8 Å². The van der Waals surface area contributed by atoms with Gasteiger partial charge in [-0.1, -0.05) is 6.07 Å². The fourth-order valence-corrected chi connectivity index (χ4v) is 2.69. The van der Waals surface area contributed by atoms with Crippen molar-refractivity contribution in [1.82, 2.24) is 4.98 Å². The number of carbonyl (C=O) groups excluding carboxylic acids is 1. The Kier molecular flexibility index (Phi) is 4.01. The molecule has 1 aliphatic heterocycles. The van der Waals surface area contributed by atoms with Crippen LogP contribution < -0.4 is 10.9 Å². The number of pyridine rings is 1. The number of benzene rings is 1. The molecule has 1 saturated heterocycles. The first kappa shape index (κ1) is 13.8. The molecule has 0 spiro atoms. The molecule has 5 nitrogen and oxygen atoms in total. The number of hydrogen-bond acceptors (Lipinski definition) is 3. The van der Waals surface area contributed by atoms with Crippen LogP contribution in [0.5, 0.6) is 0 Å². The second-order valence-corrected chi connectivity index (χ2v) is 5.39. The third kappa shape index (κ3) is 3.13. The predicted octanol–water partition coefficient (Wildman–Crippen LogP) is 2.28. The van der Waals surface area contributed by atoms with Crippen molar-refractivity contribution in [2.75, 3.05) is 18.5 Å². The van der Waals surface area contributed by atoms with Crippen molar-refractivity contribution in [1.29, 1.82) is 0 Å². The Morgan fingerprint density at radius 3 is 3.05 bits per heavy atom. The van der Waals surface area contributed by atoms with E-state index < -0.39 is 0 Å². The van der Waals surface area contributed by atoms with Crippen molar-refractivity contribution < 1.29 is 9.53 Å². The topological polar surface area (TPSA) is 71.2 Å². The van der Waals surface area contributed by atoms with Gasteiger partial charge in [0, 0.05) is 42.3 Å². The second-order valence-electron chi connectivity index (χ2n) is 5.39. The molecule has 5 heteroatoms. The van der Waals surface area contributed by atoms with E-state index in [1.54, 1.807) is 24.4 Å². The quantitative estimate of drug-likeness (QED) is 0.905. The fourth-order valence-electron chi connectivity index (χ4n) is 2.69. The molecule has 110 valence electrons. The van der Waals surface area contributed by atoms with Crippen LogP contribution in [0.4, 0.5) is 5.69 Å². The van der Waals surface area contributed by atoms with E-state index in [1.807, 2.05) is 6.07 Å². The highest BCUT2D eigenvalue weighted by atomic mass is 16.5. The Labute approximate surface area is 122 Å². The van der Waals surface area contributed by atoms with Gasteiger partial charge in [0.05, 0.1) is 0 Å². The molecule has 0 saturated carbocycles. The third-order valence-corrected chi connectivity index (χ3v) is 3.89. The number of ether oxygens (including phenoxy) is 1. The molecule has 2 N–H and O–H groups in total. The zero-order chi connectivity index (χ0) is 14.7. The smallest absolute Gasteiger partial charge is 0.255 e. The molecule has 1 atom stereocenters. The van der Waals surface area contributed by atoms with Crippen molar-refractivity contribution in [3.8, 4) is 0 Å². The van der Waals surface area contributed by atoms with Crippen LogP contribution in [-0.4, -0.2) is 24.1 Å². The first-order valence-corrected chi connectivity index (χ1v) is 7.22. The Bertz CT molecular complexity index is 702. The number of amides is 1. The fraction of sp³-hybridized carbons (Fsp3) is 0.375. The van der Waals surface area contributed by atoms with Crippen LogP contribution in [0, 0.1) is 5.92 Å².